The Labute approximate surface area is 104 Å². The zero-order chi connectivity index (χ0) is 13.1. The molecule has 0 spiro atoms. The van der Waals surface area contributed by atoms with E-state index in [4.69, 9.17) is 4.74 Å². The minimum absolute atomic E-state index is 0.312. The van der Waals surface area contributed by atoms with Crippen LogP contribution in [-0.2, 0) is 20.1 Å². The molecule has 2 heterocycles. The highest BCUT2D eigenvalue weighted by Crippen LogP contribution is 2.22. The fraction of sp³-hybridized carbons (Fsp3) is 0.455. The van der Waals surface area contributed by atoms with Crippen molar-refractivity contribution in [3.05, 3.63) is 23.9 Å². The molecule has 18 heavy (non-hydrogen) atoms. The van der Waals surface area contributed by atoms with Gasteiger partial charge in [0.15, 0.2) is 0 Å². The molecule has 98 valence electrons. The van der Waals surface area contributed by atoms with Gasteiger partial charge in [-0.3, -0.25) is 4.68 Å². The van der Waals surface area contributed by atoms with Crippen molar-refractivity contribution in [2.45, 2.75) is 20.0 Å². The number of hydrogen-bond donors (Lipinski definition) is 1. The fourth-order valence-electron chi connectivity index (χ4n) is 1.68. The molecule has 0 atom stereocenters. The molecule has 0 aromatic carbocycles. The van der Waals surface area contributed by atoms with Crippen LogP contribution in [0.1, 0.15) is 12.5 Å². The van der Waals surface area contributed by atoms with Crippen molar-refractivity contribution >= 4 is 5.69 Å². The van der Waals surface area contributed by atoms with E-state index in [2.05, 4.69) is 15.5 Å². The maximum absolute atomic E-state index is 13.7. The van der Waals surface area contributed by atoms with Crippen LogP contribution in [0.5, 0.6) is 5.88 Å². The Bertz CT molecular complexity index is 534. The van der Waals surface area contributed by atoms with Crippen LogP contribution in [0.25, 0.3) is 0 Å². The molecule has 0 aliphatic carbocycles. The summed E-state index contributed by atoms with van der Waals surface area (Å²) in [4.78, 5) is 0. The summed E-state index contributed by atoms with van der Waals surface area (Å²) in [6.45, 7) is 2.70. The number of rotatable bonds is 5. The predicted molar refractivity (Wildman–Crippen MR) is 64.9 cm³/mol. The average Bonchev–Trinajstić information content (AvgIpc) is 2.89. The minimum atomic E-state index is -0.312. The molecule has 0 saturated carbocycles. The van der Waals surface area contributed by atoms with Gasteiger partial charge in [-0.05, 0) is 6.92 Å². The van der Waals surface area contributed by atoms with Crippen molar-refractivity contribution in [2.24, 2.45) is 7.05 Å². The monoisotopic (exact) mass is 253 g/mol. The van der Waals surface area contributed by atoms with Gasteiger partial charge in [0.2, 0.25) is 5.95 Å². The smallest absolute Gasteiger partial charge is 0.256 e. The lowest BCUT2D eigenvalue weighted by molar-refractivity contribution is 0.393. The van der Waals surface area contributed by atoms with Crippen molar-refractivity contribution in [1.29, 1.82) is 0 Å². The first kappa shape index (κ1) is 12.4. The largest absolute Gasteiger partial charge is 0.478 e. The third-order valence-electron chi connectivity index (χ3n) is 2.60. The van der Waals surface area contributed by atoms with Crippen LogP contribution in [0.3, 0.4) is 0 Å². The number of hydrogen-bond acceptors (Lipinski definition) is 4. The molecular weight excluding hydrogens is 237 g/mol. The van der Waals surface area contributed by atoms with Gasteiger partial charge in [0.1, 0.15) is 5.69 Å². The lowest BCUT2D eigenvalue weighted by Crippen LogP contribution is -2.04. The van der Waals surface area contributed by atoms with Crippen LogP contribution >= 0.6 is 0 Å². The average molecular weight is 253 g/mol. The Morgan fingerprint density at radius 2 is 2.28 bits per heavy atom. The van der Waals surface area contributed by atoms with Crippen LogP contribution in [-0.4, -0.2) is 26.7 Å². The van der Waals surface area contributed by atoms with E-state index < -0.39 is 0 Å². The Kier molecular flexibility index (Phi) is 3.50. The third kappa shape index (κ3) is 2.29. The normalized spacial score (nSPS) is 10.7. The summed E-state index contributed by atoms with van der Waals surface area (Å²) < 4.78 is 21.8. The molecule has 0 amide bonds. The standard InChI is InChI=1S/C11H16FN5O/c1-4-17-10(12)8(6-14-17)5-13-9-7-16(2)15-11(9)18-3/h6-7,13H,4-5H2,1-3H3. The van der Waals surface area contributed by atoms with Crippen LogP contribution in [0.2, 0.25) is 0 Å². The van der Waals surface area contributed by atoms with Gasteiger partial charge in [-0.25, -0.2) is 4.68 Å². The Balaban J connectivity index is 2.08. The number of nitrogens with zero attached hydrogens (tertiary/aromatic N) is 4. The zero-order valence-electron chi connectivity index (χ0n) is 10.6. The van der Waals surface area contributed by atoms with E-state index in [1.54, 1.807) is 25.0 Å². The quantitative estimate of drug-likeness (QED) is 0.875. The molecule has 2 aromatic heterocycles. The van der Waals surface area contributed by atoms with Crippen LogP contribution in [0.15, 0.2) is 12.4 Å². The second-order valence-corrected chi connectivity index (χ2v) is 3.86. The van der Waals surface area contributed by atoms with Crippen molar-refractivity contribution in [1.82, 2.24) is 19.6 Å². The maximum atomic E-state index is 13.7. The van der Waals surface area contributed by atoms with E-state index in [1.807, 2.05) is 6.92 Å². The molecule has 6 nitrogen and oxygen atoms in total. The van der Waals surface area contributed by atoms with E-state index in [0.717, 1.165) is 5.69 Å². The number of nitrogens with one attached hydrogen (secondary N) is 1. The number of aromatic nitrogens is 4. The van der Waals surface area contributed by atoms with Gasteiger partial charge in [-0.2, -0.15) is 9.49 Å². The molecular formula is C11H16FN5O. The van der Waals surface area contributed by atoms with Crippen molar-refractivity contribution < 1.29 is 9.13 Å². The fourth-order valence-corrected chi connectivity index (χ4v) is 1.68. The van der Waals surface area contributed by atoms with Gasteiger partial charge >= 0.3 is 0 Å². The molecule has 2 aromatic rings. The lowest BCUT2D eigenvalue weighted by Gasteiger charge is -2.04. The molecule has 2 rings (SSSR count). The first-order valence-electron chi connectivity index (χ1n) is 5.67. The highest BCUT2D eigenvalue weighted by atomic mass is 19.1. The van der Waals surface area contributed by atoms with Gasteiger partial charge in [0.25, 0.3) is 5.88 Å². The third-order valence-corrected chi connectivity index (χ3v) is 2.60. The molecule has 1 N–H and O–H groups in total. The first-order valence-corrected chi connectivity index (χ1v) is 5.67. The molecule has 7 heteroatoms. The van der Waals surface area contributed by atoms with E-state index in [0.29, 0.717) is 24.5 Å². The molecule has 0 bridgehead atoms. The predicted octanol–water partition coefficient (Wildman–Crippen LogP) is 1.40. The van der Waals surface area contributed by atoms with Crippen LogP contribution in [0.4, 0.5) is 10.1 Å². The lowest BCUT2D eigenvalue weighted by atomic mass is 10.3. The van der Waals surface area contributed by atoms with E-state index in [9.17, 15) is 4.39 Å². The van der Waals surface area contributed by atoms with Gasteiger partial charge in [0, 0.05) is 25.7 Å². The van der Waals surface area contributed by atoms with Gasteiger partial charge < -0.3 is 10.1 Å². The number of ether oxygens (including phenoxy) is 1. The minimum Gasteiger partial charge on any atom is -0.478 e. The van der Waals surface area contributed by atoms with Crippen LogP contribution in [0, 0.1) is 5.95 Å². The van der Waals surface area contributed by atoms with Crippen LogP contribution < -0.4 is 10.1 Å². The second kappa shape index (κ2) is 5.07. The van der Waals surface area contributed by atoms with E-state index in [-0.39, 0.29) is 5.95 Å². The Morgan fingerprint density at radius 3 is 2.89 bits per heavy atom. The van der Waals surface area contributed by atoms with Gasteiger partial charge in [-0.1, -0.05) is 0 Å². The van der Waals surface area contributed by atoms with E-state index >= 15 is 0 Å². The second-order valence-electron chi connectivity index (χ2n) is 3.86. The topological polar surface area (TPSA) is 56.9 Å². The molecule has 0 aliphatic rings. The number of aryl methyl sites for hydroxylation is 2. The maximum Gasteiger partial charge on any atom is 0.256 e. The SMILES string of the molecule is CCn1ncc(CNc2cn(C)nc2OC)c1F. The van der Waals surface area contributed by atoms with E-state index in [1.165, 1.54) is 10.9 Å². The number of methoxy groups -OCH3 is 1. The van der Waals surface area contributed by atoms with Gasteiger partial charge in [0.05, 0.1) is 19.5 Å². The summed E-state index contributed by atoms with van der Waals surface area (Å²) >= 11 is 0. The number of halogens is 1. The summed E-state index contributed by atoms with van der Waals surface area (Å²) in [5.74, 6) is 0.175. The molecule has 0 unspecified atom stereocenters. The number of anilines is 1. The molecule has 0 radical (unpaired) electrons. The zero-order valence-corrected chi connectivity index (χ0v) is 10.6. The first-order chi connectivity index (χ1) is 8.65. The van der Waals surface area contributed by atoms with Crippen molar-refractivity contribution in [3.63, 3.8) is 0 Å². The Hall–Kier alpha value is -2.05. The molecule has 0 saturated heterocycles. The van der Waals surface area contributed by atoms with Crippen molar-refractivity contribution in [3.8, 4) is 5.88 Å². The summed E-state index contributed by atoms with van der Waals surface area (Å²) in [6, 6.07) is 0. The summed E-state index contributed by atoms with van der Waals surface area (Å²) in [5.41, 5.74) is 1.24. The Morgan fingerprint density at radius 1 is 1.50 bits per heavy atom. The molecule has 0 aliphatic heterocycles. The highest BCUT2D eigenvalue weighted by molar-refractivity contribution is 5.51. The summed E-state index contributed by atoms with van der Waals surface area (Å²) in [5, 5.41) is 11.1. The van der Waals surface area contributed by atoms with Crippen molar-refractivity contribution in [2.75, 3.05) is 12.4 Å². The summed E-state index contributed by atoms with van der Waals surface area (Å²) in [6.07, 6.45) is 3.30. The molecule has 0 fully saturated rings. The summed E-state index contributed by atoms with van der Waals surface area (Å²) in [7, 11) is 3.34. The van der Waals surface area contributed by atoms with Gasteiger partial charge in [-0.15, -0.1) is 5.10 Å². The highest BCUT2D eigenvalue weighted by Gasteiger charge is 2.11.